The summed E-state index contributed by atoms with van der Waals surface area (Å²) in [6.45, 7) is 2.04. The van der Waals surface area contributed by atoms with Crippen molar-refractivity contribution in [2.45, 2.75) is 19.3 Å². The van der Waals surface area contributed by atoms with Gasteiger partial charge in [0.15, 0.2) is 11.6 Å². The van der Waals surface area contributed by atoms with Gasteiger partial charge < -0.3 is 9.80 Å². The maximum atomic E-state index is 13.8. The monoisotopic (exact) mass is 326 g/mol. The van der Waals surface area contributed by atoms with Crippen molar-refractivity contribution >= 4 is 17.4 Å². The Morgan fingerprint density at radius 1 is 1.17 bits per heavy atom. The summed E-state index contributed by atoms with van der Waals surface area (Å²) >= 11 is 0. The number of amides is 1. The first-order valence-corrected chi connectivity index (χ1v) is 8.34. The van der Waals surface area contributed by atoms with Crippen molar-refractivity contribution in [1.29, 1.82) is 0 Å². The topological polar surface area (TPSA) is 49.3 Å². The summed E-state index contributed by atoms with van der Waals surface area (Å²) in [6, 6.07) is 8.10. The molecule has 2 aromatic rings. The Kier molecular flexibility index (Phi) is 3.88. The molecule has 0 atom stereocenters. The zero-order valence-electron chi connectivity index (χ0n) is 13.4. The third kappa shape index (κ3) is 2.62. The van der Waals surface area contributed by atoms with Crippen molar-refractivity contribution in [1.82, 2.24) is 9.97 Å². The van der Waals surface area contributed by atoms with Crippen molar-refractivity contribution in [2.75, 3.05) is 29.4 Å². The van der Waals surface area contributed by atoms with Crippen LogP contribution in [0.25, 0.3) is 0 Å². The van der Waals surface area contributed by atoms with Crippen LogP contribution in [0.15, 0.2) is 36.8 Å². The van der Waals surface area contributed by atoms with Crippen molar-refractivity contribution < 1.29 is 9.18 Å². The molecule has 6 heteroatoms. The van der Waals surface area contributed by atoms with Gasteiger partial charge in [-0.25, -0.2) is 14.4 Å². The molecule has 2 aliphatic heterocycles. The Bertz CT molecular complexity index is 758. The van der Waals surface area contributed by atoms with E-state index < -0.39 is 5.82 Å². The minimum absolute atomic E-state index is 0.00250. The fraction of sp³-hybridized carbons (Fsp3) is 0.389. The lowest BCUT2D eigenvalue weighted by Gasteiger charge is -2.34. The number of hydrogen-bond donors (Lipinski definition) is 0. The molecule has 2 aliphatic rings. The highest BCUT2D eigenvalue weighted by atomic mass is 19.1. The van der Waals surface area contributed by atoms with E-state index in [2.05, 4.69) is 16.0 Å². The Morgan fingerprint density at radius 2 is 1.96 bits per heavy atom. The van der Waals surface area contributed by atoms with Gasteiger partial charge in [0.25, 0.3) is 0 Å². The number of carbonyl (C=O) groups excluding carboxylic acids is 1. The Hall–Kier alpha value is -2.50. The van der Waals surface area contributed by atoms with E-state index in [1.807, 2.05) is 28.0 Å². The summed E-state index contributed by atoms with van der Waals surface area (Å²) in [6.07, 6.45) is 4.91. The average molecular weight is 326 g/mol. The summed E-state index contributed by atoms with van der Waals surface area (Å²) in [5.41, 5.74) is 2.29. The van der Waals surface area contributed by atoms with Gasteiger partial charge in [-0.2, -0.15) is 0 Å². The molecule has 4 rings (SSSR count). The fourth-order valence-electron chi connectivity index (χ4n) is 3.66. The molecule has 0 aliphatic carbocycles. The summed E-state index contributed by atoms with van der Waals surface area (Å²) in [7, 11) is 0. The molecule has 3 heterocycles. The average Bonchev–Trinajstić information content (AvgIpc) is 3.06. The molecule has 1 saturated heterocycles. The van der Waals surface area contributed by atoms with Crippen LogP contribution in [0.3, 0.4) is 0 Å². The van der Waals surface area contributed by atoms with Crippen LogP contribution < -0.4 is 9.80 Å². The number of nitrogens with zero attached hydrogens (tertiary/aromatic N) is 4. The van der Waals surface area contributed by atoms with E-state index in [4.69, 9.17) is 0 Å². The van der Waals surface area contributed by atoms with Gasteiger partial charge in [-0.1, -0.05) is 18.2 Å². The molecule has 124 valence electrons. The maximum absolute atomic E-state index is 13.8. The van der Waals surface area contributed by atoms with Crippen LogP contribution in [-0.4, -0.2) is 35.5 Å². The van der Waals surface area contributed by atoms with Crippen LogP contribution in [0, 0.1) is 11.7 Å². The van der Waals surface area contributed by atoms with E-state index in [9.17, 15) is 9.18 Å². The highest BCUT2D eigenvalue weighted by Gasteiger charge is 2.33. The van der Waals surface area contributed by atoms with Gasteiger partial charge in [-0.15, -0.1) is 0 Å². The third-order valence-corrected chi connectivity index (χ3v) is 4.95. The lowest BCUT2D eigenvalue weighted by molar-refractivity contribution is -0.122. The molecule has 24 heavy (non-hydrogen) atoms. The fourth-order valence-corrected chi connectivity index (χ4v) is 3.66. The van der Waals surface area contributed by atoms with Crippen LogP contribution in [0.5, 0.6) is 0 Å². The highest BCUT2D eigenvalue weighted by Crippen LogP contribution is 2.31. The first-order chi connectivity index (χ1) is 11.7. The van der Waals surface area contributed by atoms with E-state index in [-0.39, 0.29) is 11.8 Å². The molecule has 1 aromatic carbocycles. The first kappa shape index (κ1) is 15.1. The molecule has 1 amide bonds. The molecule has 0 spiro atoms. The molecule has 5 nitrogen and oxygen atoms in total. The lowest BCUT2D eigenvalue weighted by atomic mass is 9.95. The minimum Gasteiger partial charge on any atom is -0.354 e. The lowest BCUT2D eigenvalue weighted by Crippen LogP contribution is -2.42. The van der Waals surface area contributed by atoms with Gasteiger partial charge in [0, 0.05) is 31.2 Å². The highest BCUT2D eigenvalue weighted by molar-refractivity contribution is 5.97. The number of halogens is 1. The standard InChI is InChI=1S/C18H19FN4O/c19-15-11-20-12-21-17(15)22-8-5-14(6-9-22)18(24)23-10-7-13-3-1-2-4-16(13)23/h1-4,11-12,14H,5-10H2. The maximum Gasteiger partial charge on any atom is 0.230 e. The molecule has 0 N–H and O–H groups in total. The van der Waals surface area contributed by atoms with E-state index >= 15 is 0 Å². The van der Waals surface area contributed by atoms with Crippen LogP contribution in [0.1, 0.15) is 18.4 Å². The molecule has 0 unspecified atom stereocenters. The number of fused-ring (bicyclic) bond motifs is 1. The Labute approximate surface area is 140 Å². The first-order valence-electron chi connectivity index (χ1n) is 8.34. The number of hydrogen-bond acceptors (Lipinski definition) is 4. The Morgan fingerprint density at radius 3 is 2.75 bits per heavy atom. The van der Waals surface area contributed by atoms with Crippen molar-refractivity contribution in [3.63, 3.8) is 0 Å². The second kappa shape index (κ2) is 6.19. The van der Waals surface area contributed by atoms with E-state index in [1.54, 1.807) is 0 Å². The molecule has 0 radical (unpaired) electrons. The number of benzene rings is 1. The summed E-state index contributed by atoms with van der Waals surface area (Å²) in [4.78, 5) is 24.4. The number of para-hydroxylation sites is 1. The summed E-state index contributed by atoms with van der Waals surface area (Å²) in [5.74, 6) is 0.123. The van der Waals surface area contributed by atoms with Crippen LogP contribution in [0.4, 0.5) is 15.9 Å². The second-order valence-corrected chi connectivity index (χ2v) is 6.32. The summed E-state index contributed by atoms with van der Waals surface area (Å²) < 4.78 is 13.8. The molecule has 0 bridgehead atoms. The Balaban J connectivity index is 1.43. The molecular weight excluding hydrogens is 307 g/mol. The van der Waals surface area contributed by atoms with E-state index in [1.165, 1.54) is 18.1 Å². The molecule has 1 fully saturated rings. The number of carbonyl (C=O) groups is 1. The quantitative estimate of drug-likeness (QED) is 0.850. The normalized spacial score (nSPS) is 17.9. The van der Waals surface area contributed by atoms with Crippen LogP contribution in [-0.2, 0) is 11.2 Å². The van der Waals surface area contributed by atoms with E-state index in [0.717, 1.165) is 31.5 Å². The van der Waals surface area contributed by atoms with Crippen LogP contribution >= 0.6 is 0 Å². The molecule has 1 aromatic heterocycles. The molecular formula is C18H19FN4O. The van der Waals surface area contributed by atoms with Crippen molar-refractivity contribution in [2.24, 2.45) is 5.92 Å². The van der Waals surface area contributed by atoms with Gasteiger partial charge in [0.05, 0.1) is 6.20 Å². The van der Waals surface area contributed by atoms with Gasteiger partial charge >= 0.3 is 0 Å². The molecule has 0 saturated carbocycles. The largest absolute Gasteiger partial charge is 0.354 e. The SMILES string of the molecule is O=C(C1CCN(c2ncncc2F)CC1)N1CCc2ccccc21. The smallest absolute Gasteiger partial charge is 0.230 e. The number of rotatable bonds is 2. The van der Waals surface area contributed by atoms with Gasteiger partial charge in [-0.05, 0) is 30.9 Å². The number of aromatic nitrogens is 2. The zero-order valence-corrected chi connectivity index (χ0v) is 13.4. The summed E-state index contributed by atoms with van der Waals surface area (Å²) in [5, 5.41) is 0. The third-order valence-electron chi connectivity index (χ3n) is 4.95. The minimum atomic E-state index is -0.407. The van der Waals surface area contributed by atoms with Crippen LogP contribution in [0.2, 0.25) is 0 Å². The predicted octanol–water partition coefficient (Wildman–Crippen LogP) is 2.42. The van der Waals surface area contributed by atoms with Gasteiger partial charge in [-0.3, -0.25) is 4.79 Å². The zero-order chi connectivity index (χ0) is 16.5. The van der Waals surface area contributed by atoms with E-state index in [0.29, 0.717) is 18.9 Å². The van der Waals surface area contributed by atoms with Gasteiger partial charge in [0.1, 0.15) is 6.33 Å². The van der Waals surface area contributed by atoms with Crippen molar-refractivity contribution in [3.05, 3.63) is 48.2 Å². The van der Waals surface area contributed by atoms with Gasteiger partial charge in [0.2, 0.25) is 5.91 Å². The number of anilines is 2. The predicted molar refractivity (Wildman–Crippen MR) is 89.4 cm³/mol. The van der Waals surface area contributed by atoms with Crippen molar-refractivity contribution in [3.8, 4) is 0 Å². The second-order valence-electron chi connectivity index (χ2n) is 6.32. The number of piperidine rings is 1.